The van der Waals surface area contributed by atoms with Crippen LogP contribution in [0.5, 0.6) is 0 Å². The molecule has 0 aromatic heterocycles. The van der Waals surface area contributed by atoms with E-state index in [0.717, 1.165) is 0 Å². The molecule has 5 atom stereocenters. The van der Waals surface area contributed by atoms with Gasteiger partial charge in [-0.3, -0.25) is 0 Å². The summed E-state index contributed by atoms with van der Waals surface area (Å²) in [4.78, 5) is 0. The third kappa shape index (κ3) is 2.58. The Hall–Kier alpha value is 0.0169. The first-order valence-electron chi connectivity index (χ1n) is 5.09. The predicted molar refractivity (Wildman–Crippen MR) is 57.1 cm³/mol. The molecule has 0 radical (unpaired) electrons. The second-order valence-corrected chi connectivity index (χ2v) is 10.4. The van der Waals surface area contributed by atoms with E-state index in [2.05, 4.69) is 0 Å². The van der Waals surface area contributed by atoms with Crippen LogP contribution in [0.25, 0.3) is 0 Å². The summed E-state index contributed by atoms with van der Waals surface area (Å²) in [7, 11) is -1.80. The van der Waals surface area contributed by atoms with Gasteiger partial charge in [-0.2, -0.15) is 0 Å². The van der Waals surface area contributed by atoms with E-state index in [-0.39, 0.29) is 6.61 Å². The summed E-state index contributed by atoms with van der Waals surface area (Å²) in [5.41, 5.74) is -0.465. The number of aliphatic hydroxyl groups is 4. The number of hydrogen-bond acceptors (Lipinski definition) is 5. The number of aliphatic hydroxyl groups excluding tert-OH is 4. The number of ether oxygens (including phenoxy) is 1. The zero-order valence-corrected chi connectivity index (χ0v) is 10.3. The lowest BCUT2D eigenvalue weighted by Gasteiger charge is -2.44. The van der Waals surface area contributed by atoms with Gasteiger partial charge >= 0.3 is 0 Å². The Morgan fingerprint density at radius 3 is 1.93 bits per heavy atom. The van der Waals surface area contributed by atoms with E-state index >= 15 is 0 Å². The van der Waals surface area contributed by atoms with Crippen molar-refractivity contribution in [2.75, 3.05) is 6.61 Å². The minimum absolute atomic E-state index is 0.355. The SMILES string of the molecule is C[Si](C)(C)[C@H]1O[C@H](CO)[C@H](O)[C@H](O)[C@H]1O. The van der Waals surface area contributed by atoms with Crippen LogP contribution in [-0.4, -0.2) is 65.2 Å². The summed E-state index contributed by atoms with van der Waals surface area (Å²) < 4.78 is 5.45. The molecule has 0 amide bonds. The Bertz CT molecular complexity index is 215. The average Bonchev–Trinajstić information content (AvgIpc) is 2.13. The van der Waals surface area contributed by atoms with E-state index in [4.69, 9.17) is 9.84 Å². The van der Waals surface area contributed by atoms with Crippen molar-refractivity contribution in [3.63, 3.8) is 0 Å². The lowest BCUT2D eigenvalue weighted by atomic mass is 10.0. The van der Waals surface area contributed by atoms with Crippen molar-refractivity contribution in [2.24, 2.45) is 0 Å². The lowest BCUT2D eigenvalue weighted by Crippen LogP contribution is -2.64. The van der Waals surface area contributed by atoms with Crippen molar-refractivity contribution in [3.05, 3.63) is 0 Å². The van der Waals surface area contributed by atoms with Crippen LogP contribution >= 0.6 is 0 Å². The highest BCUT2D eigenvalue weighted by Crippen LogP contribution is 2.27. The topological polar surface area (TPSA) is 90.2 Å². The van der Waals surface area contributed by atoms with Crippen LogP contribution in [0, 0.1) is 0 Å². The molecule has 0 spiro atoms. The van der Waals surface area contributed by atoms with Crippen LogP contribution < -0.4 is 0 Å². The van der Waals surface area contributed by atoms with Crippen LogP contribution in [0.2, 0.25) is 19.6 Å². The third-order valence-electron chi connectivity index (χ3n) is 2.75. The molecule has 1 rings (SSSR count). The van der Waals surface area contributed by atoms with Gasteiger partial charge in [-0.15, -0.1) is 0 Å². The first-order chi connectivity index (χ1) is 6.79. The first-order valence-corrected chi connectivity index (χ1v) is 8.67. The standard InChI is InChI=1S/C9H20O5Si/c1-15(2,3)9-8(13)7(12)6(11)5(4-10)14-9/h5-13H,4H2,1-3H3/t5-,6+,7+,8-,9-/m1/s1. The van der Waals surface area contributed by atoms with Crippen LogP contribution in [0.1, 0.15) is 0 Å². The molecule has 1 heterocycles. The second-order valence-electron chi connectivity index (χ2n) is 5.12. The maximum atomic E-state index is 9.77. The summed E-state index contributed by atoms with van der Waals surface area (Å²) >= 11 is 0. The molecule has 1 aliphatic rings. The number of rotatable bonds is 2. The van der Waals surface area contributed by atoms with E-state index in [1.165, 1.54) is 0 Å². The molecule has 1 saturated heterocycles. The molecule has 15 heavy (non-hydrogen) atoms. The van der Waals surface area contributed by atoms with Gasteiger partial charge in [0.1, 0.15) is 24.4 Å². The minimum Gasteiger partial charge on any atom is -0.394 e. The normalized spacial score (nSPS) is 43.0. The highest BCUT2D eigenvalue weighted by Gasteiger charge is 2.48. The van der Waals surface area contributed by atoms with Gasteiger partial charge in [-0.1, -0.05) is 19.6 Å². The van der Waals surface area contributed by atoms with E-state index < -0.39 is 38.2 Å². The van der Waals surface area contributed by atoms with Crippen molar-refractivity contribution in [2.45, 2.75) is 49.8 Å². The van der Waals surface area contributed by atoms with E-state index in [0.29, 0.717) is 0 Å². The lowest BCUT2D eigenvalue weighted by molar-refractivity contribution is -0.210. The van der Waals surface area contributed by atoms with Gasteiger partial charge in [0.05, 0.1) is 20.4 Å². The monoisotopic (exact) mass is 236 g/mol. The summed E-state index contributed by atoms with van der Waals surface area (Å²) in [5.74, 6) is 0. The first kappa shape index (κ1) is 13.1. The summed E-state index contributed by atoms with van der Waals surface area (Å²) in [6, 6.07) is 0. The van der Waals surface area contributed by atoms with Crippen molar-refractivity contribution in [1.29, 1.82) is 0 Å². The maximum absolute atomic E-state index is 9.77. The Balaban J connectivity index is 2.83. The van der Waals surface area contributed by atoms with Gasteiger partial charge < -0.3 is 25.2 Å². The second kappa shape index (κ2) is 4.48. The minimum atomic E-state index is -1.80. The molecule has 0 unspecified atom stereocenters. The average molecular weight is 236 g/mol. The van der Waals surface area contributed by atoms with Crippen LogP contribution in [-0.2, 0) is 4.74 Å². The maximum Gasteiger partial charge on any atom is 0.111 e. The number of hydrogen-bond donors (Lipinski definition) is 4. The fourth-order valence-corrected chi connectivity index (χ4v) is 3.62. The van der Waals surface area contributed by atoms with E-state index in [1.54, 1.807) is 0 Å². The Labute approximate surface area is 90.3 Å². The van der Waals surface area contributed by atoms with Gasteiger partial charge in [-0.25, -0.2) is 0 Å². The molecule has 6 heteroatoms. The van der Waals surface area contributed by atoms with Gasteiger partial charge in [-0.05, 0) is 0 Å². The Morgan fingerprint density at radius 1 is 1.00 bits per heavy atom. The molecule has 0 aromatic carbocycles. The molecule has 0 aliphatic carbocycles. The van der Waals surface area contributed by atoms with Gasteiger partial charge in [0.15, 0.2) is 0 Å². The third-order valence-corrected chi connectivity index (χ3v) is 4.93. The van der Waals surface area contributed by atoms with Gasteiger partial charge in [0, 0.05) is 0 Å². The zero-order valence-electron chi connectivity index (χ0n) is 9.29. The molecule has 90 valence electrons. The van der Waals surface area contributed by atoms with Crippen molar-refractivity contribution >= 4 is 8.07 Å². The van der Waals surface area contributed by atoms with E-state index in [9.17, 15) is 15.3 Å². The fourth-order valence-electron chi connectivity index (χ4n) is 1.82. The van der Waals surface area contributed by atoms with Crippen molar-refractivity contribution in [1.82, 2.24) is 0 Å². The summed E-state index contributed by atoms with van der Waals surface area (Å²) in [5, 5.41) is 37.9. The highest BCUT2D eigenvalue weighted by atomic mass is 28.3. The molecular weight excluding hydrogens is 216 g/mol. The van der Waals surface area contributed by atoms with Crippen molar-refractivity contribution < 1.29 is 25.2 Å². The highest BCUT2D eigenvalue weighted by molar-refractivity contribution is 6.77. The zero-order chi connectivity index (χ0) is 11.8. The van der Waals surface area contributed by atoms with Crippen LogP contribution in [0.15, 0.2) is 0 Å². The van der Waals surface area contributed by atoms with Crippen LogP contribution in [0.3, 0.4) is 0 Å². The fraction of sp³-hybridized carbons (Fsp3) is 1.00. The smallest absolute Gasteiger partial charge is 0.111 e. The molecule has 1 aliphatic heterocycles. The molecule has 0 saturated carbocycles. The molecule has 0 bridgehead atoms. The summed E-state index contributed by atoms with van der Waals surface area (Å²) in [6.07, 6.45) is -4.35. The quantitative estimate of drug-likeness (QED) is 0.448. The van der Waals surface area contributed by atoms with E-state index in [1.807, 2.05) is 19.6 Å². The molecule has 5 nitrogen and oxygen atoms in total. The predicted octanol–water partition coefficient (Wildman–Crippen LogP) is -1.29. The van der Waals surface area contributed by atoms with Crippen molar-refractivity contribution in [3.8, 4) is 0 Å². The Kier molecular flexibility index (Phi) is 3.91. The molecular formula is C9H20O5Si. The molecule has 4 N–H and O–H groups in total. The van der Waals surface area contributed by atoms with Gasteiger partial charge in [0.25, 0.3) is 0 Å². The summed E-state index contributed by atoms with van der Waals surface area (Å²) in [6.45, 7) is 5.64. The molecule has 0 aromatic rings. The Morgan fingerprint density at radius 2 is 1.53 bits per heavy atom. The molecule has 1 fully saturated rings. The van der Waals surface area contributed by atoms with Crippen LogP contribution in [0.4, 0.5) is 0 Å². The largest absolute Gasteiger partial charge is 0.394 e. The van der Waals surface area contributed by atoms with Gasteiger partial charge in [0.2, 0.25) is 0 Å².